The zero-order chi connectivity index (χ0) is 20.1. The first kappa shape index (κ1) is 19.9. The molecule has 1 N–H and O–H groups in total. The van der Waals surface area contributed by atoms with Crippen LogP contribution in [0, 0.1) is 0 Å². The van der Waals surface area contributed by atoms with E-state index in [1.54, 1.807) is 24.3 Å². The maximum Gasteiger partial charge on any atom is 0.340 e. The molecule has 2 aromatic carbocycles. The second-order valence-corrected chi connectivity index (χ2v) is 6.72. The van der Waals surface area contributed by atoms with Crippen LogP contribution < -0.4 is 10.9 Å². The highest BCUT2D eigenvalue weighted by molar-refractivity contribution is 6.33. The molecule has 3 rings (SSSR count). The van der Waals surface area contributed by atoms with Gasteiger partial charge in [-0.05, 0) is 36.2 Å². The van der Waals surface area contributed by atoms with Crippen LogP contribution in [0.15, 0.2) is 59.5 Å². The van der Waals surface area contributed by atoms with Gasteiger partial charge in [0, 0.05) is 11.6 Å². The lowest BCUT2D eigenvalue weighted by Crippen LogP contribution is -2.25. The summed E-state index contributed by atoms with van der Waals surface area (Å²) in [6.07, 6.45) is 2.15. The van der Waals surface area contributed by atoms with Gasteiger partial charge in [0.2, 0.25) is 0 Å². The minimum atomic E-state index is -0.566. The van der Waals surface area contributed by atoms with Crippen LogP contribution in [0.3, 0.4) is 0 Å². The zero-order valence-electron chi connectivity index (χ0n) is 15.0. The monoisotopic (exact) mass is 417 g/mol. The molecule has 0 radical (unpaired) electrons. The van der Waals surface area contributed by atoms with Crippen LogP contribution in [0.1, 0.15) is 15.9 Å². The van der Waals surface area contributed by atoms with E-state index in [1.165, 1.54) is 13.3 Å². The summed E-state index contributed by atoms with van der Waals surface area (Å²) in [5.41, 5.74) is 1.46. The number of anilines is 1. The Morgan fingerprint density at radius 3 is 2.71 bits per heavy atom. The van der Waals surface area contributed by atoms with Gasteiger partial charge in [-0.15, -0.1) is 0 Å². The Balaban J connectivity index is 1.82. The summed E-state index contributed by atoms with van der Waals surface area (Å²) < 4.78 is 5.84. The number of carbonyl (C=O) groups excluding carboxylic acids is 1. The van der Waals surface area contributed by atoms with Crippen molar-refractivity contribution < 1.29 is 9.53 Å². The van der Waals surface area contributed by atoms with Crippen LogP contribution >= 0.6 is 23.2 Å². The van der Waals surface area contributed by atoms with Crippen LogP contribution in [0.25, 0.3) is 5.69 Å². The molecule has 6 nitrogen and oxygen atoms in total. The predicted octanol–water partition coefficient (Wildman–Crippen LogP) is 3.98. The quantitative estimate of drug-likeness (QED) is 0.613. The molecule has 1 aromatic heterocycles. The number of methoxy groups -OCH3 is 1. The van der Waals surface area contributed by atoms with Crippen molar-refractivity contribution in [1.29, 1.82) is 0 Å². The maximum atomic E-state index is 12.7. The SMILES string of the molecule is COC(=O)c1ccccc1-n1ncc(NCCc2cccc(Cl)c2)c(Cl)c1=O. The third-order valence-electron chi connectivity index (χ3n) is 4.07. The summed E-state index contributed by atoms with van der Waals surface area (Å²) in [5.74, 6) is -0.566. The molecule has 0 aliphatic carbocycles. The van der Waals surface area contributed by atoms with E-state index in [0.29, 0.717) is 29.4 Å². The highest BCUT2D eigenvalue weighted by Gasteiger charge is 2.17. The molecule has 0 atom stereocenters. The van der Waals surface area contributed by atoms with E-state index in [1.807, 2.05) is 24.3 Å². The van der Waals surface area contributed by atoms with Gasteiger partial charge in [-0.25, -0.2) is 4.79 Å². The molecule has 0 bridgehead atoms. The molecular formula is C20H17Cl2N3O3. The summed E-state index contributed by atoms with van der Waals surface area (Å²) in [6, 6.07) is 14.1. The van der Waals surface area contributed by atoms with Crippen LogP contribution in [0.5, 0.6) is 0 Å². The Bertz CT molecular complexity index is 1070. The number of aromatic nitrogens is 2. The molecule has 0 amide bonds. The Hall–Kier alpha value is -2.83. The largest absolute Gasteiger partial charge is 0.465 e. The number of para-hydroxylation sites is 1. The Morgan fingerprint density at radius 1 is 1.18 bits per heavy atom. The number of nitrogens with one attached hydrogen (secondary N) is 1. The first-order valence-corrected chi connectivity index (χ1v) is 9.20. The van der Waals surface area contributed by atoms with Gasteiger partial charge in [-0.3, -0.25) is 4.79 Å². The normalized spacial score (nSPS) is 10.5. The van der Waals surface area contributed by atoms with Crippen molar-refractivity contribution in [1.82, 2.24) is 9.78 Å². The molecule has 28 heavy (non-hydrogen) atoms. The molecule has 3 aromatic rings. The number of halogens is 2. The third-order valence-corrected chi connectivity index (χ3v) is 4.67. The van der Waals surface area contributed by atoms with Gasteiger partial charge < -0.3 is 10.1 Å². The van der Waals surface area contributed by atoms with Gasteiger partial charge in [0.15, 0.2) is 0 Å². The van der Waals surface area contributed by atoms with Crippen molar-refractivity contribution in [3.63, 3.8) is 0 Å². The number of hydrogen-bond acceptors (Lipinski definition) is 5. The van der Waals surface area contributed by atoms with Gasteiger partial charge in [-0.1, -0.05) is 47.5 Å². The summed E-state index contributed by atoms with van der Waals surface area (Å²) in [6.45, 7) is 0.546. The number of benzene rings is 2. The smallest absolute Gasteiger partial charge is 0.340 e. The summed E-state index contributed by atoms with van der Waals surface area (Å²) in [4.78, 5) is 24.6. The average molecular weight is 418 g/mol. The number of esters is 1. The topological polar surface area (TPSA) is 73.2 Å². The van der Waals surface area contributed by atoms with E-state index in [-0.39, 0.29) is 10.6 Å². The fourth-order valence-electron chi connectivity index (χ4n) is 2.70. The molecule has 1 heterocycles. The first-order chi connectivity index (χ1) is 13.5. The maximum absolute atomic E-state index is 12.7. The summed E-state index contributed by atoms with van der Waals surface area (Å²) in [5, 5.41) is 7.92. The predicted molar refractivity (Wildman–Crippen MR) is 110 cm³/mol. The zero-order valence-corrected chi connectivity index (χ0v) is 16.5. The average Bonchev–Trinajstić information content (AvgIpc) is 2.71. The van der Waals surface area contributed by atoms with Gasteiger partial charge >= 0.3 is 5.97 Å². The minimum Gasteiger partial charge on any atom is -0.465 e. The van der Waals surface area contributed by atoms with Gasteiger partial charge in [0.05, 0.1) is 30.2 Å². The molecule has 0 aliphatic rings. The summed E-state index contributed by atoms with van der Waals surface area (Å²) >= 11 is 12.2. The van der Waals surface area contributed by atoms with Gasteiger partial charge in [-0.2, -0.15) is 9.78 Å². The first-order valence-electron chi connectivity index (χ1n) is 8.45. The lowest BCUT2D eigenvalue weighted by molar-refractivity contribution is 0.0600. The Kier molecular flexibility index (Phi) is 6.34. The van der Waals surface area contributed by atoms with E-state index in [9.17, 15) is 9.59 Å². The highest BCUT2D eigenvalue weighted by atomic mass is 35.5. The van der Waals surface area contributed by atoms with Crippen LogP contribution in [0.2, 0.25) is 10.0 Å². The van der Waals surface area contributed by atoms with Crippen molar-refractivity contribution in [2.24, 2.45) is 0 Å². The molecule has 0 fully saturated rings. The number of carbonyl (C=O) groups is 1. The number of hydrogen-bond donors (Lipinski definition) is 1. The third kappa shape index (κ3) is 4.35. The number of nitrogens with zero attached hydrogens (tertiary/aromatic N) is 2. The van der Waals surface area contributed by atoms with Crippen LogP contribution in [-0.4, -0.2) is 29.4 Å². The van der Waals surface area contributed by atoms with E-state index in [2.05, 4.69) is 10.4 Å². The second kappa shape index (κ2) is 8.91. The van der Waals surface area contributed by atoms with Crippen molar-refractivity contribution in [3.05, 3.63) is 86.3 Å². The lowest BCUT2D eigenvalue weighted by atomic mass is 10.1. The molecule has 0 saturated carbocycles. The number of rotatable bonds is 6. The molecule has 0 unspecified atom stereocenters. The van der Waals surface area contributed by atoms with Crippen LogP contribution in [0.4, 0.5) is 5.69 Å². The van der Waals surface area contributed by atoms with Crippen molar-refractivity contribution in [3.8, 4) is 5.69 Å². The van der Waals surface area contributed by atoms with E-state index in [0.717, 1.165) is 10.2 Å². The van der Waals surface area contributed by atoms with Gasteiger partial charge in [0.25, 0.3) is 5.56 Å². The summed E-state index contributed by atoms with van der Waals surface area (Å²) in [7, 11) is 1.27. The fraction of sp³-hybridized carbons (Fsp3) is 0.150. The van der Waals surface area contributed by atoms with Crippen molar-refractivity contribution >= 4 is 34.9 Å². The lowest BCUT2D eigenvalue weighted by Gasteiger charge is -2.12. The van der Waals surface area contributed by atoms with Gasteiger partial charge in [0.1, 0.15) is 5.02 Å². The molecule has 0 spiro atoms. The van der Waals surface area contributed by atoms with E-state index in [4.69, 9.17) is 27.9 Å². The molecular weight excluding hydrogens is 401 g/mol. The Morgan fingerprint density at radius 2 is 1.96 bits per heavy atom. The number of ether oxygens (including phenoxy) is 1. The van der Waals surface area contributed by atoms with Crippen molar-refractivity contribution in [2.75, 3.05) is 19.0 Å². The fourth-order valence-corrected chi connectivity index (χ4v) is 3.11. The Labute approximate surface area is 171 Å². The van der Waals surface area contributed by atoms with Crippen LogP contribution in [-0.2, 0) is 11.2 Å². The van der Waals surface area contributed by atoms with E-state index < -0.39 is 11.5 Å². The second-order valence-electron chi connectivity index (χ2n) is 5.90. The molecule has 144 valence electrons. The minimum absolute atomic E-state index is 0.0132. The molecule has 0 saturated heterocycles. The van der Waals surface area contributed by atoms with E-state index >= 15 is 0 Å². The molecule has 0 aliphatic heterocycles. The molecule has 8 heteroatoms. The highest BCUT2D eigenvalue weighted by Crippen LogP contribution is 2.19. The van der Waals surface area contributed by atoms with Crippen molar-refractivity contribution in [2.45, 2.75) is 6.42 Å². The standard InChI is InChI=1S/C20H17Cl2N3O3/c1-28-20(27)15-7-2-3-8-17(15)25-19(26)18(22)16(12-24-25)23-10-9-13-5-4-6-14(21)11-13/h2-8,11-12,23H,9-10H2,1H3.